The van der Waals surface area contributed by atoms with E-state index in [1.807, 2.05) is 45.9 Å². The van der Waals surface area contributed by atoms with Crippen molar-refractivity contribution in [3.05, 3.63) is 80.2 Å². The molecule has 0 unspecified atom stereocenters. The van der Waals surface area contributed by atoms with E-state index >= 15 is 0 Å². The lowest BCUT2D eigenvalue weighted by molar-refractivity contribution is 0.0473. The van der Waals surface area contributed by atoms with Crippen LogP contribution in [0.5, 0.6) is 0 Å². The van der Waals surface area contributed by atoms with Gasteiger partial charge >= 0.3 is 11.6 Å². The molecule has 0 radical (unpaired) electrons. The third kappa shape index (κ3) is 3.63. The molecule has 3 aromatic rings. The molecule has 0 saturated carbocycles. The third-order valence-electron chi connectivity index (χ3n) is 4.26. The second kappa shape index (κ2) is 6.55. The van der Waals surface area contributed by atoms with Crippen LogP contribution in [0.4, 0.5) is 0 Å². The Bertz CT molecular complexity index is 1010. The Labute approximate surface area is 146 Å². The van der Waals surface area contributed by atoms with Crippen molar-refractivity contribution < 1.29 is 13.9 Å². The molecule has 4 heteroatoms. The maximum atomic E-state index is 12.3. The van der Waals surface area contributed by atoms with Crippen LogP contribution in [-0.4, -0.2) is 5.97 Å². The molecule has 1 aromatic heterocycles. The molecule has 0 amide bonds. The molecule has 0 aliphatic carbocycles. The monoisotopic (exact) mass is 336 g/mol. The van der Waals surface area contributed by atoms with Gasteiger partial charge in [0.25, 0.3) is 0 Å². The van der Waals surface area contributed by atoms with Crippen molar-refractivity contribution in [3.63, 3.8) is 0 Å². The highest BCUT2D eigenvalue weighted by molar-refractivity contribution is 5.90. The Morgan fingerprint density at radius 3 is 2.24 bits per heavy atom. The van der Waals surface area contributed by atoms with E-state index < -0.39 is 11.6 Å². The van der Waals surface area contributed by atoms with Crippen LogP contribution in [0.2, 0.25) is 0 Å². The first-order chi connectivity index (χ1) is 11.8. The summed E-state index contributed by atoms with van der Waals surface area (Å²) in [6.07, 6.45) is 0. The molecular weight excluding hydrogens is 316 g/mol. The fourth-order valence-corrected chi connectivity index (χ4v) is 2.92. The largest absolute Gasteiger partial charge is 0.457 e. The second-order valence-electron chi connectivity index (χ2n) is 6.48. The molecule has 1 heterocycles. The summed E-state index contributed by atoms with van der Waals surface area (Å²) in [6, 6.07) is 10.7. The average molecular weight is 336 g/mol. The molecule has 2 aromatic carbocycles. The molecule has 0 aliphatic heterocycles. The number of hydrogen-bond donors (Lipinski definition) is 0. The number of carbonyl (C=O) groups is 1. The Hall–Kier alpha value is -2.88. The predicted molar refractivity (Wildman–Crippen MR) is 97.0 cm³/mol. The van der Waals surface area contributed by atoms with E-state index in [1.54, 1.807) is 12.1 Å². The molecule has 0 saturated heterocycles. The minimum Gasteiger partial charge on any atom is -0.457 e. The van der Waals surface area contributed by atoms with E-state index in [-0.39, 0.29) is 6.61 Å². The molecule has 0 spiro atoms. The van der Waals surface area contributed by atoms with Gasteiger partial charge in [0, 0.05) is 17.0 Å². The van der Waals surface area contributed by atoms with Crippen LogP contribution in [0, 0.1) is 27.7 Å². The van der Waals surface area contributed by atoms with E-state index in [4.69, 9.17) is 9.15 Å². The number of ether oxygens (including phenoxy) is 1. The van der Waals surface area contributed by atoms with Crippen molar-refractivity contribution in [2.75, 3.05) is 0 Å². The third-order valence-corrected chi connectivity index (χ3v) is 4.26. The first-order valence-corrected chi connectivity index (χ1v) is 8.13. The Kier molecular flexibility index (Phi) is 4.45. The average Bonchev–Trinajstić information content (AvgIpc) is 2.53. The van der Waals surface area contributed by atoms with Gasteiger partial charge in [-0.05, 0) is 63.1 Å². The van der Waals surface area contributed by atoms with Gasteiger partial charge in [-0.25, -0.2) is 9.59 Å². The van der Waals surface area contributed by atoms with Crippen molar-refractivity contribution in [2.24, 2.45) is 0 Å². The Balaban J connectivity index is 1.91. The summed E-state index contributed by atoms with van der Waals surface area (Å²) in [7, 11) is 0. The minimum atomic E-state index is -0.451. The summed E-state index contributed by atoms with van der Waals surface area (Å²) in [5.74, 6) is -0.406. The van der Waals surface area contributed by atoms with Gasteiger partial charge in [-0.2, -0.15) is 0 Å². The number of benzene rings is 2. The summed E-state index contributed by atoms with van der Waals surface area (Å²) < 4.78 is 10.7. The molecule has 3 rings (SSSR count). The summed E-state index contributed by atoms with van der Waals surface area (Å²) in [5.41, 5.74) is 5.35. The van der Waals surface area contributed by atoms with Gasteiger partial charge in [-0.1, -0.05) is 17.2 Å². The predicted octanol–water partition coefficient (Wildman–Crippen LogP) is 4.38. The van der Waals surface area contributed by atoms with Crippen LogP contribution in [0.3, 0.4) is 0 Å². The highest BCUT2D eigenvalue weighted by Gasteiger charge is 2.12. The molecule has 0 N–H and O–H groups in total. The van der Waals surface area contributed by atoms with Crippen molar-refractivity contribution in [2.45, 2.75) is 34.3 Å². The van der Waals surface area contributed by atoms with Crippen LogP contribution in [0.1, 0.15) is 38.2 Å². The molecule has 0 bridgehead atoms. The number of fused-ring (bicyclic) bond motifs is 1. The number of rotatable bonds is 3. The number of carbonyl (C=O) groups excluding carboxylic acids is 1. The summed E-state index contributed by atoms with van der Waals surface area (Å²) in [5, 5.41) is 0.788. The van der Waals surface area contributed by atoms with Gasteiger partial charge in [0.2, 0.25) is 0 Å². The zero-order valence-electron chi connectivity index (χ0n) is 14.8. The van der Waals surface area contributed by atoms with E-state index in [0.29, 0.717) is 16.7 Å². The van der Waals surface area contributed by atoms with Crippen LogP contribution >= 0.6 is 0 Å². The van der Waals surface area contributed by atoms with Gasteiger partial charge in [0.05, 0.1) is 5.56 Å². The van der Waals surface area contributed by atoms with Gasteiger partial charge < -0.3 is 9.15 Å². The van der Waals surface area contributed by atoms with E-state index in [0.717, 1.165) is 27.6 Å². The summed E-state index contributed by atoms with van der Waals surface area (Å²) in [4.78, 5) is 24.1. The highest BCUT2D eigenvalue weighted by atomic mass is 16.5. The Morgan fingerprint density at radius 2 is 1.56 bits per heavy atom. The lowest BCUT2D eigenvalue weighted by Gasteiger charge is -2.10. The van der Waals surface area contributed by atoms with Crippen LogP contribution in [-0.2, 0) is 11.3 Å². The molecule has 4 nitrogen and oxygen atoms in total. The standard InChI is InChI=1S/C21H20O4/c1-12-5-13(2)7-16(6-12)21(23)24-11-17-10-20(22)25-19-9-15(4)14(3)8-18(17)19/h5-10H,11H2,1-4H3. The zero-order valence-corrected chi connectivity index (χ0v) is 14.8. The molecular formula is C21H20O4. The lowest BCUT2D eigenvalue weighted by Crippen LogP contribution is -2.08. The molecule has 0 atom stereocenters. The Morgan fingerprint density at radius 1 is 0.920 bits per heavy atom. The molecule has 0 fully saturated rings. The van der Waals surface area contributed by atoms with Crippen LogP contribution in [0.25, 0.3) is 11.0 Å². The minimum absolute atomic E-state index is 0.0242. The highest BCUT2D eigenvalue weighted by Crippen LogP contribution is 2.22. The SMILES string of the molecule is Cc1cc(C)cc(C(=O)OCc2cc(=O)oc3cc(C)c(C)cc23)c1. The topological polar surface area (TPSA) is 56.5 Å². The first-order valence-electron chi connectivity index (χ1n) is 8.13. The van der Waals surface area contributed by atoms with E-state index in [1.165, 1.54) is 6.07 Å². The van der Waals surface area contributed by atoms with Gasteiger partial charge in [-0.15, -0.1) is 0 Å². The summed E-state index contributed by atoms with van der Waals surface area (Å²) >= 11 is 0. The molecule has 25 heavy (non-hydrogen) atoms. The van der Waals surface area contributed by atoms with Crippen LogP contribution < -0.4 is 5.63 Å². The van der Waals surface area contributed by atoms with Crippen molar-refractivity contribution >= 4 is 16.9 Å². The molecule has 0 aliphatic rings. The first kappa shape index (κ1) is 17.0. The van der Waals surface area contributed by atoms with Crippen molar-refractivity contribution in [1.82, 2.24) is 0 Å². The van der Waals surface area contributed by atoms with Crippen LogP contribution in [0.15, 0.2) is 45.6 Å². The maximum Gasteiger partial charge on any atom is 0.338 e. The second-order valence-corrected chi connectivity index (χ2v) is 6.48. The maximum absolute atomic E-state index is 12.3. The summed E-state index contributed by atoms with van der Waals surface area (Å²) in [6.45, 7) is 7.85. The van der Waals surface area contributed by atoms with Gasteiger partial charge in [-0.3, -0.25) is 0 Å². The van der Waals surface area contributed by atoms with Crippen molar-refractivity contribution in [1.29, 1.82) is 0 Å². The molecule has 128 valence electrons. The van der Waals surface area contributed by atoms with Gasteiger partial charge in [0.1, 0.15) is 12.2 Å². The van der Waals surface area contributed by atoms with E-state index in [9.17, 15) is 9.59 Å². The quantitative estimate of drug-likeness (QED) is 0.526. The fourth-order valence-electron chi connectivity index (χ4n) is 2.92. The number of aryl methyl sites for hydroxylation is 4. The van der Waals surface area contributed by atoms with Gasteiger partial charge in [0.15, 0.2) is 0 Å². The van der Waals surface area contributed by atoms with Crippen molar-refractivity contribution in [3.8, 4) is 0 Å². The van der Waals surface area contributed by atoms with E-state index in [2.05, 4.69) is 0 Å². The smallest absolute Gasteiger partial charge is 0.338 e. The number of hydrogen-bond acceptors (Lipinski definition) is 4. The normalized spacial score (nSPS) is 10.9. The fraction of sp³-hybridized carbons (Fsp3) is 0.238. The lowest BCUT2D eigenvalue weighted by atomic mass is 10.0. The zero-order chi connectivity index (χ0) is 18.1. The number of esters is 1.